The Hall–Kier alpha value is -3.15. The van der Waals surface area contributed by atoms with Crippen molar-refractivity contribution in [1.29, 1.82) is 0 Å². The van der Waals surface area contributed by atoms with Gasteiger partial charge in [0.1, 0.15) is 0 Å². The molecule has 7 nitrogen and oxygen atoms in total. The predicted octanol–water partition coefficient (Wildman–Crippen LogP) is 1.83. The van der Waals surface area contributed by atoms with Crippen LogP contribution < -0.4 is 10.0 Å². The van der Waals surface area contributed by atoms with Gasteiger partial charge in [-0.1, -0.05) is 30.2 Å². The van der Waals surface area contributed by atoms with E-state index in [-0.39, 0.29) is 22.9 Å². The Labute approximate surface area is 164 Å². The highest BCUT2D eigenvalue weighted by Gasteiger charge is 2.16. The number of rotatable bonds is 7. The first-order valence-electron chi connectivity index (χ1n) is 8.38. The van der Waals surface area contributed by atoms with Crippen LogP contribution in [-0.4, -0.2) is 38.7 Å². The lowest BCUT2D eigenvalue weighted by Crippen LogP contribution is -2.25. The number of hydrogen-bond donors (Lipinski definition) is 2. The van der Waals surface area contributed by atoms with Crippen LogP contribution >= 0.6 is 0 Å². The van der Waals surface area contributed by atoms with E-state index in [1.807, 2.05) is 6.07 Å². The van der Waals surface area contributed by atoms with Gasteiger partial charge in [-0.05, 0) is 29.8 Å². The van der Waals surface area contributed by atoms with Gasteiger partial charge in [0, 0.05) is 31.8 Å². The number of benzene rings is 2. The summed E-state index contributed by atoms with van der Waals surface area (Å²) in [5, 5.41) is 2.77. The number of nitrogens with zero attached hydrogens (tertiary/aromatic N) is 1. The molecule has 2 N–H and O–H groups in total. The molecule has 2 amide bonds. The smallest absolute Gasteiger partial charge is 0.255 e. The van der Waals surface area contributed by atoms with Crippen LogP contribution in [0.3, 0.4) is 0 Å². The predicted molar refractivity (Wildman–Crippen MR) is 107 cm³/mol. The van der Waals surface area contributed by atoms with Gasteiger partial charge < -0.3 is 10.2 Å². The van der Waals surface area contributed by atoms with Crippen molar-refractivity contribution in [3.63, 3.8) is 0 Å². The molecule has 0 saturated heterocycles. The number of carbonyl (C=O) groups is 2. The maximum atomic E-state index is 12.6. The minimum atomic E-state index is -3.80. The molecular weight excluding hydrogens is 378 g/mol. The molecule has 2 aromatic carbocycles. The summed E-state index contributed by atoms with van der Waals surface area (Å²) in [6, 6.07) is 12.7. The van der Waals surface area contributed by atoms with Crippen molar-refractivity contribution in [3.8, 4) is 12.3 Å². The lowest BCUT2D eigenvalue weighted by atomic mass is 10.1. The lowest BCUT2D eigenvalue weighted by Gasteiger charge is -2.18. The Morgan fingerprint density at radius 3 is 2.54 bits per heavy atom. The van der Waals surface area contributed by atoms with E-state index in [2.05, 4.69) is 16.0 Å². The van der Waals surface area contributed by atoms with Gasteiger partial charge in [0.2, 0.25) is 15.9 Å². The molecule has 0 aliphatic rings. The number of para-hydroxylation sites is 1. The highest BCUT2D eigenvalue weighted by atomic mass is 32.2. The maximum Gasteiger partial charge on any atom is 0.255 e. The summed E-state index contributed by atoms with van der Waals surface area (Å²) >= 11 is 0. The summed E-state index contributed by atoms with van der Waals surface area (Å²) in [5.74, 6) is 1.63. The average molecular weight is 399 g/mol. The molecule has 0 radical (unpaired) electrons. The number of amides is 2. The second-order valence-corrected chi connectivity index (χ2v) is 7.81. The molecular formula is C20H21N3O4S. The summed E-state index contributed by atoms with van der Waals surface area (Å²) in [6.45, 7) is 1.65. The maximum absolute atomic E-state index is 12.6. The van der Waals surface area contributed by atoms with E-state index in [9.17, 15) is 18.0 Å². The SMILES string of the molecule is C#CCNS(=O)(=O)c1cccc(C(=O)Nc2ccccc2CN(C)C(C)=O)c1. The topological polar surface area (TPSA) is 95.6 Å². The number of nitrogens with one attached hydrogen (secondary N) is 2. The van der Waals surface area contributed by atoms with Crippen LogP contribution in [0.5, 0.6) is 0 Å². The number of sulfonamides is 1. The minimum absolute atomic E-state index is 0.0556. The Balaban J connectivity index is 2.24. The monoisotopic (exact) mass is 399 g/mol. The fourth-order valence-corrected chi connectivity index (χ4v) is 3.35. The molecule has 0 atom stereocenters. The molecule has 0 heterocycles. The number of terminal acetylenes is 1. The Morgan fingerprint density at radius 1 is 1.14 bits per heavy atom. The fraction of sp³-hybridized carbons (Fsp3) is 0.200. The highest BCUT2D eigenvalue weighted by Crippen LogP contribution is 2.19. The van der Waals surface area contributed by atoms with Crippen LogP contribution in [-0.2, 0) is 21.4 Å². The van der Waals surface area contributed by atoms with E-state index in [4.69, 9.17) is 6.42 Å². The van der Waals surface area contributed by atoms with E-state index in [0.717, 1.165) is 5.56 Å². The molecule has 2 rings (SSSR count). The molecule has 0 aliphatic heterocycles. The first-order valence-corrected chi connectivity index (χ1v) is 9.87. The van der Waals surface area contributed by atoms with Gasteiger partial charge in [-0.3, -0.25) is 9.59 Å². The Bertz CT molecular complexity index is 1030. The van der Waals surface area contributed by atoms with E-state index >= 15 is 0 Å². The van der Waals surface area contributed by atoms with E-state index in [0.29, 0.717) is 12.2 Å². The van der Waals surface area contributed by atoms with Crippen LogP contribution in [0.4, 0.5) is 5.69 Å². The van der Waals surface area contributed by atoms with Crippen molar-refractivity contribution in [3.05, 3.63) is 59.7 Å². The van der Waals surface area contributed by atoms with Crippen LogP contribution in [0.1, 0.15) is 22.8 Å². The van der Waals surface area contributed by atoms with Crippen molar-refractivity contribution in [2.45, 2.75) is 18.4 Å². The zero-order valence-corrected chi connectivity index (χ0v) is 16.4. The number of anilines is 1. The van der Waals surface area contributed by atoms with Crippen LogP contribution in [0.2, 0.25) is 0 Å². The van der Waals surface area contributed by atoms with Crippen molar-refractivity contribution in [1.82, 2.24) is 9.62 Å². The zero-order chi connectivity index (χ0) is 20.7. The largest absolute Gasteiger partial charge is 0.342 e. The highest BCUT2D eigenvalue weighted by molar-refractivity contribution is 7.89. The van der Waals surface area contributed by atoms with Gasteiger partial charge in [-0.15, -0.1) is 6.42 Å². The molecule has 0 saturated carbocycles. The minimum Gasteiger partial charge on any atom is -0.342 e. The molecule has 0 fully saturated rings. The van der Waals surface area contributed by atoms with Crippen LogP contribution in [0, 0.1) is 12.3 Å². The zero-order valence-electron chi connectivity index (χ0n) is 15.6. The Kier molecular flexibility index (Phi) is 6.93. The average Bonchev–Trinajstić information content (AvgIpc) is 2.67. The summed E-state index contributed by atoms with van der Waals surface area (Å²) in [7, 11) is -2.14. The molecule has 2 aromatic rings. The lowest BCUT2D eigenvalue weighted by molar-refractivity contribution is -0.128. The third-order valence-electron chi connectivity index (χ3n) is 3.98. The summed E-state index contributed by atoms with van der Waals surface area (Å²) < 4.78 is 26.6. The van der Waals surface area contributed by atoms with E-state index in [1.54, 1.807) is 25.2 Å². The second kappa shape index (κ2) is 9.17. The molecule has 146 valence electrons. The van der Waals surface area contributed by atoms with Gasteiger partial charge in [-0.25, -0.2) is 8.42 Å². The molecule has 0 bridgehead atoms. The van der Waals surface area contributed by atoms with Crippen molar-refractivity contribution in [2.75, 3.05) is 18.9 Å². The van der Waals surface area contributed by atoms with Crippen molar-refractivity contribution < 1.29 is 18.0 Å². The first kappa shape index (κ1) is 21.2. The number of hydrogen-bond acceptors (Lipinski definition) is 4. The van der Waals surface area contributed by atoms with Gasteiger partial charge in [0.05, 0.1) is 11.4 Å². The second-order valence-electron chi connectivity index (χ2n) is 6.04. The van der Waals surface area contributed by atoms with Gasteiger partial charge in [0.25, 0.3) is 5.91 Å². The fourth-order valence-electron chi connectivity index (χ4n) is 2.37. The molecule has 0 spiro atoms. The quantitative estimate of drug-likeness (QED) is 0.695. The van der Waals surface area contributed by atoms with Gasteiger partial charge in [-0.2, -0.15) is 4.72 Å². The van der Waals surface area contributed by atoms with Crippen molar-refractivity contribution >= 4 is 27.5 Å². The molecule has 0 aliphatic carbocycles. The first-order chi connectivity index (χ1) is 13.2. The molecule has 0 aromatic heterocycles. The molecule has 8 heteroatoms. The third-order valence-corrected chi connectivity index (χ3v) is 5.38. The summed E-state index contributed by atoms with van der Waals surface area (Å²) in [6.07, 6.45) is 5.08. The van der Waals surface area contributed by atoms with E-state index < -0.39 is 15.9 Å². The standard InChI is InChI=1S/C20H21N3O4S/c1-4-12-21-28(26,27)18-10-7-9-16(13-18)20(25)22-19-11-6-5-8-17(19)14-23(3)15(2)24/h1,5-11,13,21H,12,14H2,2-3H3,(H,22,25). The summed E-state index contributed by atoms with van der Waals surface area (Å²) in [4.78, 5) is 25.6. The molecule has 0 unspecified atom stereocenters. The normalized spacial score (nSPS) is 10.8. The Morgan fingerprint density at radius 2 is 1.86 bits per heavy atom. The van der Waals surface area contributed by atoms with Gasteiger partial charge in [0.15, 0.2) is 0 Å². The van der Waals surface area contributed by atoms with Crippen molar-refractivity contribution in [2.24, 2.45) is 0 Å². The van der Waals surface area contributed by atoms with E-state index in [1.165, 1.54) is 36.1 Å². The molecule has 28 heavy (non-hydrogen) atoms. The van der Waals surface area contributed by atoms with Crippen LogP contribution in [0.25, 0.3) is 0 Å². The number of carbonyl (C=O) groups excluding carboxylic acids is 2. The van der Waals surface area contributed by atoms with Gasteiger partial charge >= 0.3 is 0 Å². The summed E-state index contributed by atoms with van der Waals surface area (Å²) in [5.41, 5.74) is 1.48. The van der Waals surface area contributed by atoms with Crippen LogP contribution in [0.15, 0.2) is 53.4 Å². The third kappa shape index (κ3) is 5.42.